The number of nitrogens with one attached hydrogen (secondary N) is 1. The molecule has 2 aliphatic heterocycles. The fraction of sp³-hybridized carbons (Fsp3) is 0.550. The van der Waals surface area contributed by atoms with Gasteiger partial charge in [0.25, 0.3) is 0 Å². The topological polar surface area (TPSA) is 27.6 Å². The van der Waals surface area contributed by atoms with Crippen molar-refractivity contribution in [3.63, 3.8) is 0 Å². The van der Waals surface area contributed by atoms with Crippen molar-refractivity contribution in [1.82, 2.24) is 10.2 Å². The number of hydrogen-bond donors (Lipinski definition) is 1. The molecule has 4 heteroatoms. The van der Waals surface area contributed by atoms with Crippen molar-refractivity contribution in [3.05, 3.63) is 47.0 Å². The lowest BCUT2D eigenvalue weighted by Gasteiger charge is -2.37. The van der Waals surface area contributed by atoms with Crippen LogP contribution in [0.25, 0.3) is 0 Å². The maximum absolute atomic E-state index is 6.12. The highest BCUT2D eigenvalue weighted by Crippen LogP contribution is 2.60. The Hall–Kier alpha value is -1.32. The van der Waals surface area contributed by atoms with E-state index in [0.29, 0.717) is 17.8 Å². The Labute approximate surface area is 148 Å². The van der Waals surface area contributed by atoms with Gasteiger partial charge in [-0.15, -0.1) is 0 Å². The first-order valence-corrected chi connectivity index (χ1v) is 9.62. The van der Waals surface area contributed by atoms with Gasteiger partial charge in [-0.25, -0.2) is 0 Å². The van der Waals surface area contributed by atoms with E-state index >= 15 is 0 Å². The van der Waals surface area contributed by atoms with Crippen LogP contribution < -0.4 is 5.32 Å². The summed E-state index contributed by atoms with van der Waals surface area (Å²) in [5.74, 6) is 3.13. The minimum absolute atomic E-state index is 0.0907. The number of piperazine rings is 1. The van der Waals surface area contributed by atoms with Gasteiger partial charge < -0.3 is 10.2 Å². The summed E-state index contributed by atoms with van der Waals surface area (Å²) in [6.07, 6.45) is 8.49. The molecule has 2 heterocycles. The van der Waals surface area contributed by atoms with Crippen LogP contribution in [0.3, 0.4) is 0 Å². The molecule has 5 rings (SSSR count). The van der Waals surface area contributed by atoms with Crippen molar-refractivity contribution in [2.75, 3.05) is 26.2 Å². The van der Waals surface area contributed by atoms with Gasteiger partial charge in [-0.05, 0) is 36.5 Å². The second kappa shape index (κ2) is 5.60. The molecular weight excluding hydrogens is 318 g/mol. The first kappa shape index (κ1) is 15.0. The van der Waals surface area contributed by atoms with Crippen LogP contribution in [0.2, 0.25) is 5.02 Å². The molecule has 0 amide bonds. The fourth-order valence-electron chi connectivity index (χ4n) is 5.46. The molecule has 0 aromatic heterocycles. The molecule has 1 aromatic rings. The van der Waals surface area contributed by atoms with E-state index < -0.39 is 0 Å². The Balaban J connectivity index is 1.52. The summed E-state index contributed by atoms with van der Waals surface area (Å²) in [6, 6.07) is 8.52. The van der Waals surface area contributed by atoms with Gasteiger partial charge in [0.05, 0.1) is 11.4 Å². The molecule has 1 spiro atoms. The largest absolute Gasteiger partial charge is 0.358 e. The third kappa shape index (κ3) is 2.18. The van der Waals surface area contributed by atoms with Crippen molar-refractivity contribution in [1.29, 1.82) is 0 Å². The van der Waals surface area contributed by atoms with E-state index in [1.165, 1.54) is 24.2 Å². The van der Waals surface area contributed by atoms with Crippen LogP contribution in [0, 0.1) is 11.8 Å². The van der Waals surface area contributed by atoms with Gasteiger partial charge in [-0.2, -0.15) is 0 Å². The minimum atomic E-state index is 0.0907. The van der Waals surface area contributed by atoms with Crippen LogP contribution >= 0.6 is 11.6 Å². The van der Waals surface area contributed by atoms with Crippen LogP contribution in [0.5, 0.6) is 0 Å². The monoisotopic (exact) mass is 341 g/mol. The van der Waals surface area contributed by atoms with Crippen LogP contribution in [0.4, 0.5) is 0 Å². The smallest absolute Gasteiger partial charge is 0.0998 e. The average molecular weight is 342 g/mol. The van der Waals surface area contributed by atoms with Crippen LogP contribution in [-0.4, -0.2) is 42.5 Å². The second-order valence-corrected chi connectivity index (χ2v) is 8.11. The summed E-state index contributed by atoms with van der Waals surface area (Å²) in [6.45, 7) is 4.37. The van der Waals surface area contributed by atoms with E-state index in [1.807, 2.05) is 12.1 Å². The molecule has 1 N–H and O–H groups in total. The number of fused-ring (bicyclic) bond motifs is 3. The molecule has 2 aliphatic carbocycles. The molecule has 0 radical (unpaired) electrons. The number of rotatable bonds is 1. The van der Waals surface area contributed by atoms with Gasteiger partial charge >= 0.3 is 0 Å². The van der Waals surface area contributed by atoms with E-state index in [0.717, 1.165) is 37.6 Å². The molecule has 2 fully saturated rings. The average Bonchev–Trinajstić information content (AvgIpc) is 3.32. The minimum Gasteiger partial charge on any atom is -0.358 e. The quantitative estimate of drug-likeness (QED) is 0.792. The van der Waals surface area contributed by atoms with Gasteiger partial charge in [-0.1, -0.05) is 35.9 Å². The number of nitrogens with zero attached hydrogens (tertiary/aromatic N) is 2. The maximum atomic E-state index is 6.12. The molecule has 24 heavy (non-hydrogen) atoms. The summed E-state index contributed by atoms with van der Waals surface area (Å²) in [5, 5.41) is 4.27. The van der Waals surface area contributed by atoms with Gasteiger partial charge in [0.2, 0.25) is 0 Å². The predicted molar refractivity (Wildman–Crippen MR) is 98.8 cm³/mol. The molecule has 2 bridgehead atoms. The second-order valence-electron chi connectivity index (χ2n) is 7.68. The van der Waals surface area contributed by atoms with Gasteiger partial charge in [-0.3, -0.25) is 4.99 Å². The van der Waals surface area contributed by atoms with Gasteiger partial charge in [0, 0.05) is 49.5 Å². The summed E-state index contributed by atoms with van der Waals surface area (Å²) in [7, 11) is 0. The zero-order chi connectivity index (χ0) is 16.1. The molecule has 4 unspecified atom stereocenters. The maximum Gasteiger partial charge on any atom is 0.0998 e. The van der Waals surface area contributed by atoms with E-state index in [9.17, 15) is 0 Å². The number of allylic oxidation sites excluding steroid dienone is 1. The third-order valence-electron chi connectivity index (χ3n) is 6.52. The van der Waals surface area contributed by atoms with Crippen LogP contribution in [0.15, 0.2) is 41.4 Å². The lowest BCUT2D eigenvalue weighted by Crippen LogP contribution is -2.46. The van der Waals surface area contributed by atoms with E-state index in [1.54, 1.807) is 0 Å². The molecule has 4 atom stereocenters. The molecule has 3 nitrogen and oxygen atoms in total. The Morgan fingerprint density at radius 3 is 2.71 bits per heavy atom. The normalized spacial score (nSPS) is 37.5. The Kier molecular flexibility index (Phi) is 3.50. The van der Waals surface area contributed by atoms with Crippen molar-refractivity contribution < 1.29 is 0 Å². The van der Waals surface area contributed by atoms with Gasteiger partial charge in [0.1, 0.15) is 0 Å². The lowest BCUT2D eigenvalue weighted by atomic mass is 9.71. The Morgan fingerprint density at radius 1 is 1.12 bits per heavy atom. The zero-order valence-electron chi connectivity index (χ0n) is 13.9. The molecule has 1 aromatic carbocycles. The third-order valence-corrected chi connectivity index (χ3v) is 6.77. The summed E-state index contributed by atoms with van der Waals surface area (Å²) >= 11 is 6.12. The summed E-state index contributed by atoms with van der Waals surface area (Å²) in [4.78, 5) is 7.95. The molecular formula is C20H24ClN3. The Morgan fingerprint density at radius 2 is 1.92 bits per heavy atom. The van der Waals surface area contributed by atoms with Crippen molar-refractivity contribution in [3.8, 4) is 0 Å². The number of halogens is 1. The lowest BCUT2D eigenvalue weighted by molar-refractivity contribution is 0.317. The van der Waals surface area contributed by atoms with Crippen LogP contribution in [0.1, 0.15) is 30.7 Å². The van der Waals surface area contributed by atoms with E-state index in [2.05, 4.69) is 34.5 Å². The highest BCUT2D eigenvalue weighted by molar-refractivity contribution is 6.30. The number of hydrogen-bond acceptors (Lipinski definition) is 3. The standard InChI is InChI=1S/C20H24ClN3/c21-17-5-2-14(3-6-17)19-15-1-4-16(13-15)20(19)8-7-18(23-20)24-11-9-22-10-12-24/h1-6,15-16,19,22H,7-13H2. The number of benzene rings is 1. The van der Waals surface area contributed by atoms with Gasteiger partial charge in [0.15, 0.2) is 0 Å². The predicted octanol–water partition coefficient (Wildman–Crippen LogP) is 3.47. The summed E-state index contributed by atoms with van der Waals surface area (Å²) in [5.41, 5.74) is 1.51. The van der Waals surface area contributed by atoms with Crippen molar-refractivity contribution >= 4 is 17.4 Å². The number of aliphatic imine (C=N–C) groups is 1. The van der Waals surface area contributed by atoms with Crippen molar-refractivity contribution in [2.24, 2.45) is 16.8 Å². The highest BCUT2D eigenvalue weighted by atomic mass is 35.5. The SMILES string of the molecule is Clc1ccc(C2C3C=CC(C3)C23CCC(N2CCNCC2)=N3)cc1. The Bertz CT molecular complexity index is 689. The highest BCUT2D eigenvalue weighted by Gasteiger charge is 2.58. The van der Waals surface area contributed by atoms with E-state index in [-0.39, 0.29) is 5.54 Å². The fourth-order valence-corrected chi connectivity index (χ4v) is 5.59. The van der Waals surface area contributed by atoms with Crippen molar-refractivity contribution in [2.45, 2.75) is 30.7 Å². The zero-order valence-corrected chi connectivity index (χ0v) is 14.7. The van der Waals surface area contributed by atoms with Crippen LogP contribution in [-0.2, 0) is 0 Å². The van der Waals surface area contributed by atoms with E-state index in [4.69, 9.17) is 16.6 Å². The first-order chi connectivity index (χ1) is 11.8. The summed E-state index contributed by atoms with van der Waals surface area (Å²) < 4.78 is 0. The number of amidine groups is 1. The first-order valence-electron chi connectivity index (χ1n) is 9.24. The molecule has 1 saturated heterocycles. The molecule has 1 saturated carbocycles. The molecule has 126 valence electrons. The molecule has 4 aliphatic rings.